The van der Waals surface area contributed by atoms with E-state index >= 15 is 0 Å². The van der Waals surface area contributed by atoms with Crippen LogP contribution >= 0.6 is 0 Å². The van der Waals surface area contributed by atoms with Gasteiger partial charge in [-0.2, -0.15) is 0 Å². The van der Waals surface area contributed by atoms with Crippen molar-refractivity contribution in [3.8, 4) is 0 Å². The second-order valence-electron chi connectivity index (χ2n) is 3.46. The summed E-state index contributed by atoms with van der Waals surface area (Å²) >= 11 is 0. The smallest absolute Gasteiger partial charge is 0.152 e. The van der Waals surface area contributed by atoms with E-state index in [0.29, 0.717) is 25.5 Å². The summed E-state index contributed by atoms with van der Waals surface area (Å²) in [6.07, 6.45) is 1.80. The number of aromatic nitrogens is 3. The summed E-state index contributed by atoms with van der Waals surface area (Å²) in [5, 5.41) is 15.7. The zero-order chi connectivity index (χ0) is 12.5. The molecule has 0 fully saturated rings. The fraction of sp³-hybridized carbons (Fsp3) is 0.667. The van der Waals surface area contributed by atoms with Crippen LogP contribution in [0, 0.1) is 0 Å². The van der Waals surface area contributed by atoms with Crippen molar-refractivity contribution in [1.29, 1.82) is 0 Å². The third-order valence-corrected chi connectivity index (χ3v) is 2.13. The number of nitrogens with two attached hydrogens (primary N) is 2. The van der Waals surface area contributed by atoms with E-state index in [2.05, 4.69) is 25.6 Å². The number of rotatable bonds is 8. The largest absolute Gasteiger partial charge is 0.376 e. The van der Waals surface area contributed by atoms with Gasteiger partial charge in [0.1, 0.15) is 24.9 Å². The van der Waals surface area contributed by atoms with Crippen molar-refractivity contribution in [3.63, 3.8) is 0 Å². The van der Waals surface area contributed by atoms with Crippen molar-refractivity contribution in [1.82, 2.24) is 25.6 Å². The minimum Gasteiger partial charge on any atom is -0.376 e. The van der Waals surface area contributed by atoms with Gasteiger partial charge in [-0.1, -0.05) is 0 Å². The molecule has 1 aromatic heterocycles. The van der Waals surface area contributed by atoms with Crippen LogP contribution in [0.1, 0.15) is 11.9 Å². The molecule has 0 saturated carbocycles. The van der Waals surface area contributed by atoms with Crippen molar-refractivity contribution >= 4 is 0 Å². The summed E-state index contributed by atoms with van der Waals surface area (Å²) in [6.45, 7) is 2.63. The highest BCUT2D eigenvalue weighted by Crippen LogP contribution is 2.04. The molecule has 2 unspecified atom stereocenters. The summed E-state index contributed by atoms with van der Waals surface area (Å²) in [7, 11) is 0. The van der Waals surface area contributed by atoms with Gasteiger partial charge in [0.25, 0.3) is 0 Å². The normalized spacial score (nSPS) is 14.5. The van der Waals surface area contributed by atoms with Gasteiger partial charge < -0.3 is 21.9 Å². The van der Waals surface area contributed by atoms with Crippen molar-refractivity contribution < 1.29 is 5.11 Å². The van der Waals surface area contributed by atoms with Crippen molar-refractivity contribution in [2.45, 2.75) is 12.3 Å². The highest BCUT2D eigenvalue weighted by molar-refractivity contribution is 4.93. The number of aliphatic hydroxyl groups excluding tert-OH is 1. The SMILES string of the molecule is NCCNCCNC(O)C(N)c1ncncn1. The molecule has 0 aliphatic carbocycles. The Kier molecular flexibility index (Phi) is 6.51. The van der Waals surface area contributed by atoms with Gasteiger partial charge in [-0.05, 0) is 0 Å². The Morgan fingerprint density at radius 2 is 1.94 bits per heavy atom. The molecule has 1 aromatic rings. The highest BCUT2D eigenvalue weighted by atomic mass is 16.3. The first kappa shape index (κ1) is 13.9. The van der Waals surface area contributed by atoms with Gasteiger partial charge in [0.2, 0.25) is 0 Å². The predicted octanol–water partition coefficient (Wildman–Crippen LogP) is -2.67. The van der Waals surface area contributed by atoms with Crippen LogP contribution in [0.25, 0.3) is 0 Å². The van der Waals surface area contributed by atoms with Crippen LogP contribution in [-0.4, -0.2) is 52.5 Å². The van der Waals surface area contributed by atoms with Crippen LogP contribution in [0.4, 0.5) is 0 Å². The lowest BCUT2D eigenvalue weighted by atomic mass is 10.2. The molecule has 0 radical (unpaired) electrons. The molecule has 0 bridgehead atoms. The molecule has 17 heavy (non-hydrogen) atoms. The number of aliphatic hydroxyl groups is 1. The maximum atomic E-state index is 9.74. The molecule has 7 N–H and O–H groups in total. The van der Waals surface area contributed by atoms with Crippen LogP contribution in [0.5, 0.6) is 0 Å². The lowest BCUT2D eigenvalue weighted by Crippen LogP contribution is -2.43. The standard InChI is InChI=1S/C9H19N7O/c10-1-2-12-3-4-14-9(17)7(11)8-15-5-13-6-16-8/h5-7,9,12,14,17H,1-4,10-11H2. The Labute approximate surface area is 99.9 Å². The number of hydrogen-bond acceptors (Lipinski definition) is 8. The van der Waals surface area contributed by atoms with Crippen LogP contribution in [-0.2, 0) is 0 Å². The first-order valence-corrected chi connectivity index (χ1v) is 5.45. The summed E-state index contributed by atoms with van der Waals surface area (Å²) in [5.41, 5.74) is 11.1. The molecule has 96 valence electrons. The molecule has 0 amide bonds. The molecule has 0 aliphatic heterocycles. The average molecular weight is 241 g/mol. The molecule has 8 nitrogen and oxygen atoms in total. The Balaban J connectivity index is 2.25. The third-order valence-electron chi connectivity index (χ3n) is 2.13. The van der Waals surface area contributed by atoms with E-state index in [-0.39, 0.29) is 0 Å². The molecule has 0 saturated heterocycles. The summed E-state index contributed by atoms with van der Waals surface area (Å²) in [5.74, 6) is 0.356. The Bertz CT molecular complexity index is 297. The maximum Gasteiger partial charge on any atom is 0.152 e. The molecule has 0 spiro atoms. The minimum absolute atomic E-state index is 0.356. The van der Waals surface area contributed by atoms with Crippen LogP contribution in [0.3, 0.4) is 0 Å². The highest BCUT2D eigenvalue weighted by Gasteiger charge is 2.18. The van der Waals surface area contributed by atoms with Gasteiger partial charge >= 0.3 is 0 Å². The van der Waals surface area contributed by atoms with Gasteiger partial charge in [-0.15, -0.1) is 0 Å². The molecular weight excluding hydrogens is 222 g/mol. The first-order chi connectivity index (χ1) is 8.25. The minimum atomic E-state index is -0.892. The monoisotopic (exact) mass is 241 g/mol. The zero-order valence-electron chi connectivity index (χ0n) is 9.58. The Hall–Kier alpha value is -1.19. The molecule has 8 heteroatoms. The quantitative estimate of drug-likeness (QED) is 0.245. The molecule has 2 atom stereocenters. The van der Waals surface area contributed by atoms with Crippen molar-refractivity contribution in [2.75, 3.05) is 26.2 Å². The predicted molar refractivity (Wildman–Crippen MR) is 62.7 cm³/mol. The second-order valence-corrected chi connectivity index (χ2v) is 3.46. The summed E-state index contributed by atoms with van der Waals surface area (Å²) in [4.78, 5) is 11.4. The lowest BCUT2D eigenvalue weighted by Gasteiger charge is -2.18. The average Bonchev–Trinajstić information content (AvgIpc) is 2.38. The summed E-state index contributed by atoms with van der Waals surface area (Å²) < 4.78 is 0. The molecule has 1 rings (SSSR count). The first-order valence-electron chi connectivity index (χ1n) is 5.45. The maximum absolute atomic E-state index is 9.74. The van der Waals surface area contributed by atoms with Gasteiger partial charge in [0.15, 0.2) is 5.82 Å². The van der Waals surface area contributed by atoms with Crippen LogP contribution in [0.2, 0.25) is 0 Å². The van der Waals surface area contributed by atoms with Gasteiger partial charge in [0, 0.05) is 26.2 Å². The number of nitrogens with one attached hydrogen (secondary N) is 2. The van der Waals surface area contributed by atoms with E-state index in [1.165, 1.54) is 12.7 Å². The molecule has 0 aliphatic rings. The fourth-order valence-electron chi connectivity index (χ4n) is 1.22. The third kappa shape index (κ3) is 5.11. The van der Waals surface area contributed by atoms with E-state index in [4.69, 9.17) is 11.5 Å². The Morgan fingerprint density at radius 1 is 1.24 bits per heavy atom. The van der Waals surface area contributed by atoms with Crippen LogP contribution in [0.15, 0.2) is 12.7 Å². The number of hydrogen-bond donors (Lipinski definition) is 5. The topological polar surface area (TPSA) is 135 Å². The van der Waals surface area contributed by atoms with Crippen molar-refractivity contribution in [3.05, 3.63) is 18.5 Å². The van der Waals surface area contributed by atoms with Crippen LogP contribution < -0.4 is 22.1 Å². The van der Waals surface area contributed by atoms with Gasteiger partial charge in [-0.3, -0.25) is 5.32 Å². The lowest BCUT2D eigenvalue weighted by molar-refractivity contribution is 0.106. The molecule has 1 heterocycles. The van der Waals surface area contributed by atoms with Gasteiger partial charge in [-0.25, -0.2) is 15.0 Å². The zero-order valence-corrected chi connectivity index (χ0v) is 9.58. The van der Waals surface area contributed by atoms with Gasteiger partial charge in [0.05, 0.1) is 0 Å². The van der Waals surface area contributed by atoms with E-state index in [9.17, 15) is 5.11 Å². The van der Waals surface area contributed by atoms with Crippen molar-refractivity contribution in [2.24, 2.45) is 11.5 Å². The van der Waals surface area contributed by atoms with E-state index in [1.54, 1.807) is 0 Å². The molecule has 0 aromatic carbocycles. The second kappa shape index (κ2) is 7.98. The van der Waals surface area contributed by atoms with E-state index in [0.717, 1.165) is 6.54 Å². The fourth-order valence-corrected chi connectivity index (χ4v) is 1.22. The Morgan fingerprint density at radius 3 is 2.59 bits per heavy atom. The van der Waals surface area contributed by atoms with E-state index < -0.39 is 12.3 Å². The number of nitrogens with zero attached hydrogens (tertiary/aromatic N) is 3. The van der Waals surface area contributed by atoms with E-state index in [1.807, 2.05) is 0 Å². The molecular formula is C9H19N7O. The summed E-state index contributed by atoms with van der Waals surface area (Å²) in [6, 6.07) is -0.674.